The minimum atomic E-state index is -1.15. The van der Waals surface area contributed by atoms with Crippen LogP contribution in [0.2, 0.25) is 0 Å². The maximum absolute atomic E-state index is 11.6. The number of hydrogen-bond acceptors (Lipinski definition) is 3. The van der Waals surface area contributed by atoms with Gasteiger partial charge >= 0.3 is 12.2 Å². The predicted octanol–water partition coefficient (Wildman–Crippen LogP) is 3.39. The lowest BCUT2D eigenvalue weighted by Gasteiger charge is -2.07. The lowest BCUT2D eigenvalue weighted by molar-refractivity contribution is 0.209. The van der Waals surface area contributed by atoms with Gasteiger partial charge in [0.05, 0.1) is 0 Å². The second-order valence-corrected chi connectivity index (χ2v) is 3.84. The number of rotatable bonds is 3. The van der Waals surface area contributed by atoms with E-state index in [1.54, 1.807) is 24.3 Å². The minimum absolute atomic E-state index is 0.314. The minimum Gasteiger partial charge on any atom is -0.465 e. The van der Waals surface area contributed by atoms with Gasteiger partial charge in [-0.2, -0.15) is 0 Å². The summed E-state index contributed by atoms with van der Waals surface area (Å²) >= 11 is 0. The van der Waals surface area contributed by atoms with Gasteiger partial charge in [-0.05, 0) is 36.4 Å². The molecule has 2 amide bonds. The maximum Gasteiger partial charge on any atom is 0.417 e. The third kappa shape index (κ3) is 4.02. The van der Waals surface area contributed by atoms with Crippen molar-refractivity contribution < 1.29 is 19.4 Å². The number of para-hydroxylation sites is 1. The van der Waals surface area contributed by atoms with E-state index < -0.39 is 12.2 Å². The Morgan fingerprint density at radius 1 is 0.850 bits per heavy atom. The van der Waals surface area contributed by atoms with E-state index in [9.17, 15) is 9.59 Å². The van der Waals surface area contributed by atoms with Crippen molar-refractivity contribution in [2.75, 3.05) is 10.6 Å². The van der Waals surface area contributed by atoms with Crippen LogP contribution in [-0.2, 0) is 0 Å². The lowest BCUT2D eigenvalue weighted by Crippen LogP contribution is -2.16. The number of amides is 2. The molecular weight excluding hydrogens is 260 g/mol. The summed E-state index contributed by atoms with van der Waals surface area (Å²) in [6, 6.07) is 14.9. The maximum atomic E-state index is 11.6. The largest absolute Gasteiger partial charge is 0.465 e. The fraction of sp³-hybridized carbons (Fsp3) is 0. The van der Waals surface area contributed by atoms with Crippen molar-refractivity contribution in [3.63, 3.8) is 0 Å². The number of benzene rings is 2. The van der Waals surface area contributed by atoms with Crippen LogP contribution in [0.5, 0.6) is 5.75 Å². The molecule has 102 valence electrons. The molecule has 20 heavy (non-hydrogen) atoms. The summed E-state index contributed by atoms with van der Waals surface area (Å²) in [6.45, 7) is 0. The van der Waals surface area contributed by atoms with E-state index in [2.05, 4.69) is 10.6 Å². The SMILES string of the molecule is O=C(O)Nc1ccc(OC(=O)Nc2ccccc2)cc1. The van der Waals surface area contributed by atoms with Crippen LogP contribution in [-0.4, -0.2) is 17.3 Å². The van der Waals surface area contributed by atoms with Crippen LogP contribution in [0.1, 0.15) is 0 Å². The molecule has 0 atom stereocenters. The van der Waals surface area contributed by atoms with E-state index in [0.29, 0.717) is 17.1 Å². The van der Waals surface area contributed by atoms with Crippen LogP contribution < -0.4 is 15.4 Å². The van der Waals surface area contributed by atoms with Gasteiger partial charge in [0.15, 0.2) is 0 Å². The molecule has 3 N–H and O–H groups in total. The normalized spacial score (nSPS) is 9.60. The van der Waals surface area contributed by atoms with Crippen LogP contribution in [0, 0.1) is 0 Å². The molecule has 0 spiro atoms. The van der Waals surface area contributed by atoms with E-state index in [0.717, 1.165) is 0 Å². The number of carbonyl (C=O) groups excluding carboxylic acids is 1. The molecule has 6 nitrogen and oxygen atoms in total. The zero-order chi connectivity index (χ0) is 14.4. The highest BCUT2D eigenvalue weighted by Gasteiger charge is 2.05. The molecule has 0 aliphatic carbocycles. The molecule has 0 aromatic heterocycles. The average Bonchev–Trinajstić information content (AvgIpc) is 2.41. The monoisotopic (exact) mass is 272 g/mol. The molecule has 0 aliphatic rings. The highest BCUT2D eigenvalue weighted by molar-refractivity contribution is 5.86. The van der Waals surface area contributed by atoms with E-state index in [-0.39, 0.29) is 0 Å². The molecule has 0 unspecified atom stereocenters. The third-order valence-corrected chi connectivity index (χ3v) is 2.34. The summed E-state index contributed by atoms with van der Waals surface area (Å²) in [6.07, 6.45) is -1.77. The number of carboxylic acid groups (broad SMARTS) is 1. The first-order chi connectivity index (χ1) is 9.63. The van der Waals surface area contributed by atoms with Crippen molar-refractivity contribution >= 4 is 23.6 Å². The van der Waals surface area contributed by atoms with Crippen LogP contribution in [0.4, 0.5) is 21.0 Å². The van der Waals surface area contributed by atoms with Gasteiger partial charge in [-0.25, -0.2) is 9.59 Å². The molecular formula is C14H12N2O4. The van der Waals surface area contributed by atoms with Crippen molar-refractivity contribution in [1.82, 2.24) is 0 Å². The van der Waals surface area contributed by atoms with Gasteiger partial charge < -0.3 is 9.84 Å². The second kappa shape index (κ2) is 6.24. The van der Waals surface area contributed by atoms with Crippen molar-refractivity contribution in [2.45, 2.75) is 0 Å². The van der Waals surface area contributed by atoms with E-state index in [4.69, 9.17) is 9.84 Å². The Labute approximate surface area is 115 Å². The molecule has 0 aliphatic heterocycles. The highest BCUT2D eigenvalue weighted by atomic mass is 16.6. The number of nitrogens with one attached hydrogen (secondary N) is 2. The molecule has 2 aromatic carbocycles. The number of anilines is 2. The quantitative estimate of drug-likeness (QED) is 0.799. The molecule has 0 heterocycles. The van der Waals surface area contributed by atoms with Gasteiger partial charge in [-0.1, -0.05) is 18.2 Å². The Bertz CT molecular complexity index is 596. The smallest absolute Gasteiger partial charge is 0.417 e. The summed E-state index contributed by atoms with van der Waals surface area (Å²) < 4.78 is 5.05. The van der Waals surface area contributed by atoms with Crippen LogP contribution in [0.25, 0.3) is 0 Å². The van der Waals surface area contributed by atoms with Crippen molar-refractivity contribution in [3.05, 3.63) is 54.6 Å². The van der Waals surface area contributed by atoms with E-state index >= 15 is 0 Å². The molecule has 0 saturated heterocycles. The summed E-state index contributed by atoms with van der Waals surface area (Å²) in [7, 11) is 0. The zero-order valence-electron chi connectivity index (χ0n) is 10.4. The first-order valence-corrected chi connectivity index (χ1v) is 5.77. The third-order valence-electron chi connectivity index (χ3n) is 2.34. The van der Waals surface area contributed by atoms with Crippen molar-refractivity contribution in [1.29, 1.82) is 0 Å². The van der Waals surface area contributed by atoms with Gasteiger partial charge in [0, 0.05) is 11.4 Å². The number of ether oxygens (including phenoxy) is 1. The Kier molecular flexibility index (Phi) is 4.18. The molecule has 0 bridgehead atoms. The lowest BCUT2D eigenvalue weighted by atomic mass is 10.3. The fourth-order valence-corrected chi connectivity index (χ4v) is 1.50. The van der Waals surface area contributed by atoms with Crippen molar-refractivity contribution in [3.8, 4) is 5.75 Å². The van der Waals surface area contributed by atoms with Gasteiger partial charge in [0.25, 0.3) is 0 Å². The predicted molar refractivity (Wildman–Crippen MR) is 74.2 cm³/mol. The van der Waals surface area contributed by atoms with E-state index in [1.165, 1.54) is 24.3 Å². The van der Waals surface area contributed by atoms with Crippen molar-refractivity contribution in [2.24, 2.45) is 0 Å². The Morgan fingerprint density at radius 3 is 2.05 bits per heavy atom. The Morgan fingerprint density at radius 2 is 1.45 bits per heavy atom. The van der Waals surface area contributed by atoms with Gasteiger partial charge in [0.2, 0.25) is 0 Å². The molecule has 0 saturated carbocycles. The van der Waals surface area contributed by atoms with Gasteiger partial charge in [0.1, 0.15) is 5.75 Å². The number of carbonyl (C=O) groups is 2. The summed E-state index contributed by atoms with van der Waals surface area (Å²) in [4.78, 5) is 22.0. The average molecular weight is 272 g/mol. The van der Waals surface area contributed by atoms with E-state index in [1.807, 2.05) is 6.07 Å². The van der Waals surface area contributed by atoms with Gasteiger partial charge in [-0.15, -0.1) is 0 Å². The highest BCUT2D eigenvalue weighted by Crippen LogP contribution is 2.16. The molecule has 2 aromatic rings. The Balaban J connectivity index is 1.93. The number of hydrogen-bond donors (Lipinski definition) is 3. The van der Waals surface area contributed by atoms with Crippen LogP contribution in [0.15, 0.2) is 54.6 Å². The van der Waals surface area contributed by atoms with Crippen LogP contribution in [0.3, 0.4) is 0 Å². The molecule has 6 heteroatoms. The molecule has 2 rings (SSSR count). The fourth-order valence-electron chi connectivity index (χ4n) is 1.50. The second-order valence-electron chi connectivity index (χ2n) is 3.84. The first kappa shape index (κ1) is 13.4. The van der Waals surface area contributed by atoms with Crippen LogP contribution >= 0.6 is 0 Å². The standard InChI is InChI=1S/C14H12N2O4/c17-13(18)15-11-6-8-12(9-7-11)20-14(19)16-10-4-2-1-3-5-10/h1-9,15H,(H,16,19)(H,17,18). The van der Waals surface area contributed by atoms with Gasteiger partial charge in [-0.3, -0.25) is 10.6 Å². The molecule has 0 fully saturated rings. The summed E-state index contributed by atoms with van der Waals surface area (Å²) in [5.41, 5.74) is 1.02. The molecule has 0 radical (unpaired) electrons. The zero-order valence-corrected chi connectivity index (χ0v) is 10.4. The first-order valence-electron chi connectivity index (χ1n) is 5.77. The summed E-state index contributed by atoms with van der Waals surface area (Å²) in [5, 5.41) is 13.3. The Hall–Kier alpha value is -3.02. The summed E-state index contributed by atoms with van der Waals surface area (Å²) in [5.74, 6) is 0.314. The topological polar surface area (TPSA) is 87.7 Å².